The highest BCUT2D eigenvalue weighted by Gasteiger charge is 2.31. The molecule has 214 valence electrons. The van der Waals surface area contributed by atoms with Crippen molar-refractivity contribution in [2.24, 2.45) is 11.8 Å². The van der Waals surface area contributed by atoms with Gasteiger partial charge in [0.05, 0.1) is 19.5 Å². The van der Waals surface area contributed by atoms with Gasteiger partial charge in [-0.2, -0.15) is 5.10 Å². The summed E-state index contributed by atoms with van der Waals surface area (Å²) in [7, 11) is 3.67. The van der Waals surface area contributed by atoms with Gasteiger partial charge in [0.15, 0.2) is 0 Å². The Morgan fingerprint density at radius 1 is 1.05 bits per heavy atom. The van der Waals surface area contributed by atoms with Crippen molar-refractivity contribution in [3.8, 4) is 16.9 Å². The van der Waals surface area contributed by atoms with Crippen LogP contribution in [-0.2, 0) is 4.79 Å². The summed E-state index contributed by atoms with van der Waals surface area (Å²) in [6.07, 6.45) is 14.4. The number of amides is 1. The molecule has 1 heterocycles. The molecule has 6 nitrogen and oxygen atoms in total. The van der Waals surface area contributed by atoms with Gasteiger partial charge in [0, 0.05) is 29.9 Å². The monoisotopic (exact) mass is 542 g/mol. The maximum absolute atomic E-state index is 14.0. The van der Waals surface area contributed by atoms with Gasteiger partial charge in [-0.3, -0.25) is 14.8 Å². The standard InChI is InChI=1S/C34H46N4O2/c1-24-19-30(17-18-33(24)40-4)27-15-13-26(14-16-27)22-37(34(39)28-9-6-5-7-10-28)32-12-8-11-29(20-32)31-21-36-38(23-31)25(2)35-3/h8,11-12,17-21,23,25-28,35H,5-7,9-10,13-16,22H2,1-4H3/t25?,26-,27-. The fourth-order valence-electron chi connectivity index (χ4n) is 6.67. The third-order valence-electron chi connectivity index (χ3n) is 9.31. The lowest BCUT2D eigenvalue weighted by Crippen LogP contribution is -2.41. The van der Waals surface area contributed by atoms with Crippen LogP contribution in [-0.4, -0.2) is 36.4 Å². The molecule has 2 saturated carbocycles. The molecule has 2 fully saturated rings. The van der Waals surface area contributed by atoms with E-state index in [0.29, 0.717) is 17.7 Å². The highest BCUT2D eigenvalue weighted by Crippen LogP contribution is 2.39. The van der Waals surface area contributed by atoms with Gasteiger partial charge in [0.25, 0.3) is 0 Å². The smallest absolute Gasteiger partial charge is 0.230 e. The first kappa shape index (κ1) is 28.4. The number of rotatable bonds is 9. The van der Waals surface area contributed by atoms with Crippen LogP contribution in [0.25, 0.3) is 11.1 Å². The summed E-state index contributed by atoms with van der Waals surface area (Å²) < 4.78 is 7.41. The van der Waals surface area contributed by atoms with Crippen molar-refractivity contribution < 1.29 is 9.53 Å². The highest BCUT2D eigenvalue weighted by atomic mass is 16.5. The topological polar surface area (TPSA) is 59.4 Å². The molecule has 5 rings (SSSR count). The van der Waals surface area contributed by atoms with Crippen molar-refractivity contribution in [1.82, 2.24) is 15.1 Å². The van der Waals surface area contributed by atoms with E-state index in [0.717, 1.165) is 54.8 Å². The Kier molecular flexibility index (Phi) is 9.25. The zero-order chi connectivity index (χ0) is 28.1. The summed E-state index contributed by atoms with van der Waals surface area (Å²) in [6, 6.07) is 15.2. The Morgan fingerprint density at radius 3 is 2.52 bits per heavy atom. The minimum atomic E-state index is 0.123. The van der Waals surface area contributed by atoms with Crippen LogP contribution < -0.4 is 15.0 Å². The highest BCUT2D eigenvalue weighted by molar-refractivity contribution is 5.95. The molecule has 6 heteroatoms. The van der Waals surface area contributed by atoms with Gasteiger partial charge in [-0.05, 0) is 106 Å². The first-order valence-electron chi connectivity index (χ1n) is 15.2. The lowest BCUT2D eigenvalue weighted by Gasteiger charge is -2.35. The number of methoxy groups -OCH3 is 1. The molecule has 1 atom stereocenters. The number of anilines is 1. The summed E-state index contributed by atoms with van der Waals surface area (Å²) in [5.41, 5.74) is 5.83. The Morgan fingerprint density at radius 2 is 1.82 bits per heavy atom. The van der Waals surface area contributed by atoms with E-state index in [1.165, 1.54) is 43.2 Å². The number of aromatic nitrogens is 2. The van der Waals surface area contributed by atoms with E-state index in [-0.39, 0.29) is 12.1 Å². The van der Waals surface area contributed by atoms with Crippen molar-refractivity contribution in [1.29, 1.82) is 0 Å². The zero-order valence-corrected chi connectivity index (χ0v) is 24.7. The minimum Gasteiger partial charge on any atom is -0.496 e. The number of hydrogen-bond donors (Lipinski definition) is 1. The average molecular weight is 543 g/mol. The summed E-state index contributed by atoms with van der Waals surface area (Å²) in [5, 5.41) is 7.79. The maximum Gasteiger partial charge on any atom is 0.230 e. The molecular formula is C34H46N4O2. The van der Waals surface area contributed by atoms with Crippen molar-refractivity contribution in [2.45, 2.75) is 83.7 Å². The van der Waals surface area contributed by atoms with Crippen molar-refractivity contribution >= 4 is 11.6 Å². The molecule has 40 heavy (non-hydrogen) atoms. The lowest BCUT2D eigenvalue weighted by molar-refractivity contribution is -0.123. The van der Waals surface area contributed by atoms with Gasteiger partial charge in [-0.25, -0.2) is 0 Å². The van der Waals surface area contributed by atoms with Crippen LogP contribution in [0.1, 0.15) is 87.9 Å². The molecule has 2 aliphatic carbocycles. The van der Waals surface area contributed by atoms with Crippen LogP contribution in [0.3, 0.4) is 0 Å². The molecule has 0 bridgehead atoms. The molecular weight excluding hydrogens is 496 g/mol. The zero-order valence-electron chi connectivity index (χ0n) is 24.7. The second-order valence-corrected chi connectivity index (χ2v) is 12.0. The number of aryl methyl sites for hydroxylation is 1. The molecule has 1 unspecified atom stereocenters. The normalized spacial score (nSPS) is 20.7. The quantitative estimate of drug-likeness (QED) is 0.304. The molecule has 2 aromatic carbocycles. The fourth-order valence-corrected chi connectivity index (χ4v) is 6.67. The van der Waals surface area contributed by atoms with Crippen LogP contribution in [0.5, 0.6) is 5.75 Å². The van der Waals surface area contributed by atoms with E-state index in [9.17, 15) is 4.79 Å². The molecule has 1 N–H and O–H groups in total. The number of nitrogens with zero attached hydrogens (tertiary/aromatic N) is 3. The van der Waals surface area contributed by atoms with Crippen LogP contribution in [0.4, 0.5) is 5.69 Å². The first-order valence-corrected chi connectivity index (χ1v) is 15.2. The molecule has 0 spiro atoms. The molecule has 1 aromatic heterocycles. The third kappa shape index (κ3) is 6.43. The third-order valence-corrected chi connectivity index (χ3v) is 9.31. The van der Waals surface area contributed by atoms with Gasteiger partial charge in [0.2, 0.25) is 5.91 Å². The van der Waals surface area contributed by atoms with E-state index in [1.807, 2.05) is 17.9 Å². The number of benzene rings is 2. The van der Waals surface area contributed by atoms with E-state index >= 15 is 0 Å². The van der Waals surface area contributed by atoms with Gasteiger partial charge >= 0.3 is 0 Å². The number of carbonyl (C=O) groups excluding carboxylic acids is 1. The van der Waals surface area contributed by atoms with E-state index in [2.05, 4.69) is 77.8 Å². The maximum atomic E-state index is 14.0. The molecule has 0 radical (unpaired) electrons. The number of carbonyl (C=O) groups is 1. The SMILES string of the molecule is CNC(C)n1cc(-c2cccc(N(C[C@H]3CC[C@H](c4ccc(OC)c(C)c4)CC3)C(=O)C3CCCCC3)c2)cn1. The van der Waals surface area contributed by atoms with Crippen molar-refractivity contribution in [2.75, 3.05) is 25.6 Å². The fraction of sp³-hybridized carbons (Fsp3) is 0.529. The molecule has 1 amide bonds. The predicted molar refractivity (Wildman–Crippen MR) is 163 cm³/mol. The van der Waals surface area contributed by atoms with Crippen LogP contribution >= 0.6 is 0 Å². The predicted octanol–water partition coefficient (Wildman–Crippen LogP) is 7.49. The number of nitrogens with one attached hydrogen (secondary N) is 1. The molecule has 3 aromatic rings. The summed E-state index contributed by atoms with van der Waals surface area (Å²) in [5.74, 6) is 2.54. The lowest BCUT2D eigenvalue weighted by atomic mass is 9.78. The second kappa shape index (κ2) is 13.0. The van der Waals surface area contributed by atoms with Crippen LogP contribution in [0, 0.1) is 18.8 Å². The summed E-state index contributed by atoms with van der Waals surface area (Å²) >= 11 is 0. The van der Waals surface area contributed by atoms with Crippen molar-refractivity contribution in [3.05, 3.63) is 66.0 Å². The van der Waals surface area contributed by atoms with Crippen LogP contribution in [0.2, 0.25) is 0 Å². The van der Waals surface area contributed by atoms with Gasteiger partial charge < -0.3 is 9.64 Å². The Hall–Kier alpha value is -3.12. The summed E-state index contributed by atoms with van der Waals surface area (Å²) in [4.78, 5) is 16.2. The first-order chi connectivity index (χ1) is 19.5. The van der Waals surface area contributed by atoms with Gasteiger partial charge in [-0.1, -0.05) is 43.5 Å². The van der Waals surface area contributed by atoms with Crippen LogP contribution in [0.15, 0.2) is 54.9 Å². The number of hydrogen-bond acceptors (Lipinski definition) is 4. The van der Waals surface area contributed by atoms with Gasteiger partial charge in [-0.15, -0.1) is 0 Å². The Labute approximate surface area is 240 Å². The van der Waals surface area contributed by atoms with Gasteiger partial charge in [0.1, 0.15) is 5.75 Å². The van der Waals surface area contributed by atoms with E-state index in [4.69, 9.17) is 4.74 Å². The largest absolute Gasteiger partial charge is 0.496 e. The van der Waals surface area contributed by atoms with E-state index < -0.39 is 0 Å². The minimum absolute atomic E-state index is 0.123. The average Bonchev–Trinajstić information content (AvgIpc) is 3.50. The molecule has 0 saturated heterocycles. The Balaban J connectivity index is 1.33. The molecule has 0 aliphatic heterocycles. The molecule has 2 aliphatic rings. The van der Waals surface area contributed by atoms with Crippen molar-refractivity contribution in [3.63, 3.8) is 0 Å². The van der Waals surface area contributed by atoms with E-state index in [1.54, 1.807) is 7.11 Å². The Bertz CT molecular complexity index is 1270. The number of ether oxygens (including phenoxy) is 1. The summed E-state index contributed by atoms with van der Waals surface area (Å²) in [6.45, 7) is 5.02. The second-order valence-electron chi connectivity index (χ2n) is 12.0.